The van der Waals surface area contributed by atoms with Crippen molar-refractivity contribution in [2.45, 2.75) is 65.5 Å². The predicted octanol–water partition coefficient (Wildman–Crippen LogP) is 2.07. The van der Waals surface area contributed by atoms with Crippen LogP contribution in [0, 0.1) is 0 Å². The van der Waals surface area contributed by atoms with Crippen LogP contribution in [0.15, 0.2) is 0 Å². The van der Waals surface area contributed by atoms with Gasteiger partial charge < -0.3 is 10.6 Å². The van der Waals surface area contributed by atoms with E-state index in [2.05, 4.69) is 38.3 Å². The van der Waals surface area contributed by atoms with Crippen molar-refractivity contribution < 1.29 is 4.79 Å². The van der Waals surface area contributed by atoms with Crippen molar-refractivity contribution in [3.63, 3.8) is 0 Å². The van der Waals surface area contributed by atoms with E-state index >= 15 is 0 Å². The molecular formula is C12H26N2O. The average Bonchev–Trinajstić information content (AvgIpc) is 2.15. The van der Waals surface area contributed by atoms with E-state index in [0.29, 0.717) is 6.54 Å². The average molecular weight is 214 g/mol. The zero-order valence-corrected chi connectivity index (χ0v) is 10.8. The molecule has 1 amide bonds. The van der Waals surface area contributed by atoms with Crippen molar-refractivity contribution in [3.05, 3.63) is 0 Å². The Bertz CT molecular complexity index is 190. The first-order valence-electron chi connectivity index (χ1n) is 5.95. The van der Waals surface area contributed by atoms with Gasteiger partial charge in [0.05, 0.1) is 6.54 Å². The summed E-state index contributed by atoms with van der Waals surface area (Å²) in [5.74, 6) is 0.0912. The molecule has 0 aromatic heterocycles. The van der Waals surface area contributed by atoms with Gasteiger partial charge >= 0.3 is 0 Å². The Morgan fingerprint density at radius 3 is 2.40 bits per heavy atom. The Labute approximate surface area is 94.0 Å². The number of hydrogen-bond donors (Lipinski definition) is 2. The molecule has 0 aromatic carbocycles. The molecule has 0 aromatic rings. The number of nitrogens with one attached hydrogen (secondary N) is 2. The van der Waals surface area contributed by atoms with Crippen LogP contribution in [0.25, 0.3) is 0 Å². The quantitative estimate of drug-likeness (QED) is 0.681. The molecule has 2 N–H and O–H groups in total. The summed E-state index contributed by atoms with van der Waals surface area (Å²) in [7, 11) is 0. The lowest BCUT2D eigenvalue weighted by atomic mass is 9.99. The Morgan fingerprint density at radius 1 is 1.33 bits per heavy atom. The molecule has 15 heavy (non-hydrogen) atoms. The molecule has 1 atom stereocenters. The van der Waals surface area contributed by atoms with Gasteiger partial charge in [-0.15, -0.1) is 0 Å². The topological polar surface area (TPSA) is 41.1 Å². The second-order valence-corrected chi connectivity index (χ2v) is 4.86. The van der Waals surface area contributed by atoms with E-state index in [0.717, 1.165) is 19.3 Å². The first-order chi connectivity index (χ1) is 6.91. The molecule has 0 aliphatic rings. The van der Waals surface area contributed by atoms with E-state index in [-0.39, 0.29) is 17.5 Å². The van der Waals surface area contributed by atoms with Gasteiger partial charge in [0.1, 0.15) is 0 Å². The van der Waals surface area contributed by atoms with Crippen LogP contribution < -0.4 is 10.6 Å². The Kier molecular flexibility index (Phi) is 6.57. The van der Waals surface area contributed by atoms with Crippen LogP contribution in [-0.4, -0.2) is 24.0 Å². The summed E-state index contributed by atoms with van der Waals surface area (Å²) >= 11 is 0. The van der Waals surface area contributed by atoms with E-state index in [1.807, 2.05) is 6.92 Å². The highest BCUT2D eigenvalue weighted by Gasteiger charge is 2.17. The fourth-order valence-electron chi connectivity index (χ4n) is 1.46. The highest BCUT2D eigenvalue weighted by Crippen LogP contribution is 2.09. The monoisotopic (exact) mass is 214 g/mol. The first-order valence-corrected chi connectivity index (χ1v) is 5.95. The van der Waals surface area contributed by atoms with E-state index < -0.39 is 0 Å². The Hall–Kier alpha value is -0.570. The minimum Gasteiger partial charge on any atom is -0.353 e. The lowest BCUT2D eigenvalue weighted by Crippen LogP contribution is -2.46. The normalized spacial score (nSPS) is 13.7. The highest BCUT2D eigenvalue weighted by molar-refractivity contribution is 5.78. The van der Waals surface area contributed by atoms with Crippen molar-refractivity contribution in [3.8, 4) is 0 Å². The maximum Gasteiger partial charge on any atom is 0.234 e. The first kappa shape index (κ1) is 14.4. The SMILES string of the molecule is CCCC(C)(C)NCC(=O)NC(C)CC. The van der Waals surface area contributed by atoms with E-state index in [1.54, 1.807) is 0 Å². The third kappa shape index (κ3) is 7.37. The van der Waals surface area contributed by atoms with Crippen LogP contribution >= 0.6 is 0 Å². The predicted molar refractivity (Wildman–Crippen MR) is 64.9 cm³/mol. The summed E-state index contributed by atoms with van der Waals surface area (Å²) in [5, 5.41) is 6.22. The van der Waals surface area contributed by atoms with Gasteiger partial charge in [0.2, 0.25) is 5.91 Å². The number of rotatable bonds is 7. The third-order valence-electron chi connectivity index (χ3n) is 2.62. The molecule has 0 spiro atoms. The molecule has 3 heteroatoms. The zero-order valence-electron chi connectivity index (χ0n) is 10.8. The fourth-order valence-corrected chi connectivity index (χ4v) is 1.46. The fraction of sp³-hybridized carbons (Fsp3) is 0.917. The van der Waals surface area contributed by atoms with Gasteiger partial charge in [-0.2, -0.15) is 0 Å². The summed E-state index contributed by atoms with van der Waals surface area (Å²) in [6.07, 6.45) is 3.20. The number of carbonyl (C=O) groups excluding carboxylic acids is 1. The number of carbonyl (C=O) groups is 1. The van der Waals surface area contributed by atoms with E-state index in [9.17, 15) is 4.79 Å². The third-order valence-corrected chi connectivity index (χ3v) is 2.62. The van der Waals surface area contributed by atoms with E-state index in [1.165, 1.54) is 0 Å². The molecule has 3 nitrogen and oxygen atoms in total. The number of hydrogen-bond acceptors (Lipinski definition) is 2. The molecule has 90 valence electrons. The van der Waals surface area contributed by atoms with Gasteiger partial charge in [0.15, 0.2) is 0 Å². The molecule has 0 rings (SSSR count). The van der Waals surface area contributed by atoms with Gasteiger partial charge in [-0.25, -0.2) is 0 Å². The minimum atomic E-state index is 0.0571. The minimum absolute atomic E-state index is 0.0571. The molecule has 0 aliphatic carbocycles. The molecule has 0 fully saturated rings. The number of amides is 1. The maximum atomic E-state index is 11.5. The molecular weight excluding hydrogens is 188 g/mol. The molecule has 0 heterocycles. The summed E-state index contributed by atoms with van der Waals surface area (Å²) < 4.78 is 0. The van der Waals surface area contributed by atoms with Crippen molar-refractivity contribution in [1.29, 1.82) is 0 Å². The summed E-state index contributed by atoms with van der Waals surface area (Å²) in [4.78, 5) is 11.5. The summed E-state index contributed by atoms with van der Waals surface area (Å²) in [6.45, 7) is 10.9. The van der Waals surface area contributed by atoms with Gasteiger partial charge in [0, 0.05) is 11.6 Å². The van der Waals surface area contributed by atoms with Crippen molar-refractivity contribution >= 4 is 5.91 Å². The zero-order chi connectivity index (χ0) is 11.9. The highest BCUT2D eigenvalue weighted by atomic mass is 16.1. The molecule has 0 aliphatic heterocycles. The second kappa shape index (κ2) is 6.83. The van der Waals surface area contributed by atoms with E-state index in [4.69, 9.17) is 0 Å². The molecule has 1 unspecified atom stereocenters. The molecule has 0 radical (unpaired) electrons. The largest absolute Gasteiger partial charge is 0.353 e. The molecule has 0 bridgehead atoms. The lowest BCUT2D eigenvalue weighted by molar-refractivity contribution is -0.121. The van der Waals surface area contributed by atoms with Crippen LogP contribution in [0.1, 0.15) is 53.9 Å². The van der Waals surface area contributed by atoms with Gasteiger partial charge in [0.25, 0.3) is 0 Å². The van der Waals surface area contributed by atoms with Gasteiger partial charge in [-0.1, -0.05) is 20.3 Å². The van der Waals surface area contributed by atoms with Crippen molar-refractivity contribution in [2.75, 3.05) is 6.54 Å². The van der Waals surface area contributed by atoms with Crippen LogP contribution in [0.2, 0.25) is 0 Å². The van der Waals surface area contributed by atoms with Crippen molar-refractivity contribution in [2.24, 2.45) is 0 Å². The van der Waals surface area contributed by atoms with Crippen LogP contribution in [0.4, 0.5) is 0 Å². The smallest absolute Gasteiger partial charge is 0.234 e. The summed E-state index contributed by atoms with van der Waals surface area (Å²) in [5.41, 5.74) is 0.0571. The van der Waals surface area contributed by atoms with Crippen LogP contribution in [0.3, 0.4) is 0 Å². The lowest BCUT2D eigenvalue weighted by Gasteiger charge is -2.25. The molecule has 0 saturated heterocycles. The van der Waals surface area contributed by atoms with Gasteiger partial charge in [-0.05, 0) is 33.6 Å². The van der Waals surface area contributed by atoms with Gasteiger partial charge in [-0.3, -0.25) is 4.79 Å². The Balaban J connectivity index is 3.79. The Morgan fingerprint density at radius 2 is 1.93 bits per heavy atom. The standard InChI is InChI=1S/C12H26N2O/c1-6-8-12(4,5)13-9-11(15)14-10(3)7-2/h10,13H,6-9H2,1-5H3,(H,14,15). The van der Waals surface area contributed by atoms with Crippen LogP contribution in [-0.2, 0) is 4.79 Å². The molecule has 0 saturated carbocycles. The summed E-state index contributed by atoms with van der Waals surface area (Å²) in [6, 6.07) is 0.272. The second-order valence-electron chi connectivity index (χ2n) is 4.86. The van der Waals surface area contributed by atoms with Crippen molar-refractivity contribution in [1.82, 2.24) is 10.6 Å². The maximum absolute atomic E-state index is 11.5. The van der Waals surface area contributed by atoms with Crippen LogP contribution in [0.5, 0.6) is 0 Å².